The van der Waals surface area contributed by atoms with Gasteiger partial charge in [0.2, 0.25) is 0 Å². The van der Waals surface area contributed by atoms with Gasteiger partial charge in [0.1, 0.15) is 0 Å². The standard InChI is InChI=1S/C80H88BN3S/c1-73(2,3)50-28-32-64(55(40-50)49-24-18-17-19-25-49)83-67-48-71-56(54-26-20-21-27-70(54)85-71)45-62(67)81-63-46-59-60(78(13,14)39-38-77(59,11)12)47-66(63)82(52-30-31-57-58(42-52)76(9,10)37-36-75(57,7)8)68-43-53(44-69(83)72(68)81)84-65-33-29-51(74(4,5)6)41-61(65)79(15)34-22-23-35-80(79,84)16/h17-21,24-33,40-48H,22-23,34-39H2,1-16H3. The van der Waals surface area contributed by atoms with Gasteiger partial charge in [-0.3, -0.25) is 0 Å². The topological polar surface area (TPSA) is 9.72 Å². The van der Waals surface area contributed by atoms with Gasteiger partial charge < -0.3 is 14.7 Å². The Balaban J connectivity index is 1.13. The molecule has 1 aromatic heterocycles. The normalized spacial score (nSPS) is 22.1. The summed E-state index contributed by atoms with van der Waals surface area (Å²) in [7, 11) is 0. The molecule has 0 saturated heterocycles. The van der Waals surface area contributed by atoms with Gasteiger partial charge in [-0.2, -0.15) is 0 Å². The summed E-state index contributed by atoms with van der Waals surface area (Å²) in [5.41, 5.74) is 27.1. The minimum absolute atomic E-state index is 0.00198. The Hall–Kier alpha value is -6.56. The van der Waals surface area contributed by atoms with Crippen molar-refractivity contribution in [2.24, 2.45) is 0 Å². The lowest BCUT2D eigenvalue weighted by molar-refractivity contribution is 0.195. The fourth-order valence-electron chi connectivity index (χ4n) is 17.3. The van der Waals surface area contributed by atoms with E-state index < -0.39 is 0 Å². The van der Waals surface area contributed by atoms with E-state index in [1.807, 2.05) is 11.3 Å². The predicted molar refractivity (Wildman–Crippen MR) is 370 cm³/mol. The lowest BCUT2D eigenvalue weighted by atomic mass is 9.33. The predicted octanol–water partition coefficient (Wildman–Crippen LogP) is 20.8. The molecule has 0 N–H and O–H groups in total. The summed E-state index contributed by atoms with van der Waals surface area (Å²) in [6.45, 7) is 39.5. The average molecular weight is 1130 g/mol. The van der Waals surface area contributed by atoms with Crippen LogP contribution in [0.15, 0.2) is 146 Å². The minimum atomic E-state index is -0.178. The van der Waals surface area contributed by atoms with E-state index in [0.717, 1.165) is 25.7 Å². The second-order valence-corrected chi connectivity index (χ2v) is 33.3. The Labute approximate surface area is 513 Å². The maximum Gasteiger partial charge on any atom is 0.252 e. The molecule has 1 saturated carbocycles. The number of anilines is 8. The zero-order chi connectivity index (χ0) is 59.5. The highest BCUT2D eigenvalue weighted by atomic mass is 32.1. The number of nitrogens with zero attached hydrogens (tertiary/aromatic N) is 3. The molecule has 6 aliphatic rings. The van der Waals surface area contributed by atoms with Crippen molar-refractivity contribution in [1.29, 1.82) is 0 Å². The molecular formula is C80H88BN3S. The highest BCUT2D eigenvalue weighted by Crippen LogP contribution is 2.63. The van der Waals surface area contributed by atoms with Gasteiger partial charge in [0.15, 0.2) is 0 Å². The molecule has 8 aromatic carbocycles. The number of hydrogen-bond donors (Lipinski definition) is 0. The number of thiophene rings is 1. The molecule has 2 unspecified atom stereocenters. The second-order valence-electron chi connectivity index (χ2n) is 32.2. The van der Waals surface area contributed by atoms with Crippen LogP contribution in [0.4, 0.5) is 45.5 Å². The SMILES string of the molecule is CC(C)(C)c1ccc(N2c3cc4sc5ccccc5c4cc3B3c4cc5c(cc4N(c4ccc6c(c4)C(C)(C)CCC6(C)C)c4cc(N6c7ccc(C(C)(C)C)cc7C7(C)CCCCC67C)cc2c43)C(C)(C)CCC5(C)C)c(-c2ccccc2)c1. The third kappa shape index (κ3) is 7.95. The first-order chi connectivity index (χ1) is 40.1. The Kier molecular flexibility index (Phi) is 11.7. The largest absolute Gasteiger partial charge is 0.334 e. The van der Waals surface area contributed by atoms with Crippen LogP contribution in [0.3, 0.4) is 0 Å². The van der Waals surface area contributed by atoms with Crippen molar-refractivity contribution in [2.75, 3.05) is 14.7 Å². The van der Waals surface area contributed by atoms with Gasteiger partial charge in [-0.25, -0.2) is 0 Å². The van der Waals surface area contributed by atoms with E-state index in [1.54, 1.807) is 0 Å². The highest BCUT2D eigenvalue weighted by Gasteiger charge is 2.59. The Bertz CT molecular complexity index is 4290. The third-order valence-electron chi connectivity index (χ3n) is 23.0. The van der Waals surface area contributed by atoms with Crippen molar-refractivity contribution in [3.05, 3.63) is 185 Å². The van der Waals surface area contributed by atoms with Crippen molar-refractivity contribution in [3.63, 3.8) is 0 Å². The summed E-state index contributed by atoms with van der Waals surface area (Å²) in [6, 6.07) is 59.3. The summed E-state index contributed by atoms with van der Waals surface area (Å²) in [4.78, 5) is 8.45. The molecule has 5 heteroatoms. The molecule has 4 heterocycles. The van der Waals surface area contributed by atoms with Crippen LogP contribution in [0, 0.1) is 0 Å². The maximum absolute atomic E-state index is 2.88. The molecule has 2 atom stereocenters. The van der Waals surface area contributed by atoms with Gasteiger partial charge in [0.05, 0.1) is 11.2 Å². The molecule has 3 nitrogen and oxygen atoms in total. The van der Waals surface area contributed by atoms with Crippen LogP contribution in [0.5, 0.6) is 0 Å². The lowest BCUT2D eigenvalue weighted by Gasteiger charge is -2.51. The summed E-state index contributed by atoms with van der Waals surface area (Å²) >= 11 is 1.94. The van der Waals surface area contributed by atoms with Gasteiger partial charge in [-0.1, -0.05) is 202 Å². The summed E-state index contributed by atoms with van der Waals surface area (Å²) in [5, 5.41) is 2.69. The smallest absolute Gasteiger partial charge is 0.252 e. The molecule has 432 valence electrons. The van der Waals surface area contributed by atoms with Gasteiger partial charge >= 0.3 is 0 Å². The molecule has 1 fully saturated rings. The van der Waals surface area contributed by atoms with Crippen LogP contribution in [0.2, 0.25) is 0 Å². The molecule has 0 bridgehead atoms. The van der Waals surface area contributed by atoms with Crippen LogP contribution >= 0.6 is 11.3 Å². The molecular weight excluding hydrogens is 1050 g/mol. The number of benzene rings is 8. The second kappa shape index (κ2) is 18.0. The fourth-order valence-corrected chi connectivity index (χ4v) is 18.4. The lowest BCUT2D eigenvalue weighted by Crippen LogP contribution is -2.62. The van der Waals surface area contributed by atoms with Crippen LogP contribution in [0.25, 0.3) is 31.3 Å². The Morgan fingerprint density at radius 2 is 0.965 bits per heavy atom. The van der Waals surface area contributed by atoms with Crippen molar-refractivity contribution in [2.45, 2.75) is 206 Å². The summed E-state index contributed by atoms with van der Waals surface area (Å²) < 4.78 is 2.67. The Morgan fingerprint density at radius 1 is 0.400 bits per heavy atom. The van der Waals surface area contributed by atoms with Gasteiger partial charge in [-0.15, -0.1) is 11.3 Å². The number of rotatable bonds is 4. The van der Waals surface area contributed by atoms with Crippen molar-refractivity contribution in [1.82, 2.24) is 0 Å². The first-order valence-corrected chi connectivity index (χ1v) is 33.1. The molecule has 0 amide bonds. The maximum atomic E-state index is 2.88. The molecule has 0 radical (unpaired) electrons. The van der Waals surface area contributed by atoms with Crippen molar-refractivity contribution in [3.8, 4) is 11.1 Å². The molecule has 3 aliphatic carbocycles. The molecule has 9 aromatic rings. The highest BCUT2D eigenvalue weighted by molar-refractivity contribution is 7.26. The van der Waals surface area contributed by atoms with E-state index in [4.69, 9.17) is 0 Å². The first kappa shape index (κ1) is 55.1. The molecule has 3 aliphatic heterocycles. The van der Waals surface area contributed by atoms with E-state index in [1.165, 1.54) is 158 Å². The van der Waals surface area contributed by atoms with Crippen LogP contribution in [-0.2, 0) is 37.9 Å². The first-order valence-electron chi connectivity index (χ1n) is 32.3. The van der Waals surface area contributed by atoms with Gasteiger partial charge in [0, 0.05) is 65.6 Å². The van der Waals surface area contributed by atoms with Crippen LogP contribution < -0.4 is 31.1 Å². The fraction of sp³-hybridized carbons (Fsp3) is 0.400. The van der Waals surface area contributed by atoms with Gasteiger partial charge in [0.25, 0.3) is 6.71 Å². The molecule has 85 heavy (non-hydrogen) atoms. The van der Waals surface area contributed by atoms with Crippen LogP contribution in [-0.4, -0.2) is 12.3 Å². The molecule has 15 rings (SSSR count). The number of hydrogen-bond acceptors (Lipinski definition) is 4. The zero-order valence-electron chi connectivity index (χ0n) is 53.8. The van der Waals surface area contributed by atoms with Crippen molar-refractivity contribution < 1.29 is 0 Å². The van der Waals surface area contributed by atoms with E-state index in [2.05, 4.69) is 271 Å². The van der Waals surface area contributed by atoms with Crippen LogP contribution in [0.1, 0.15) is 201 Å². The summed E-state index contributed by atoms with van der Waals surface area (Å²) in [6.07, 6.45) is 9.41. The number of fused-ring (bicyclic) bond motifs is 12. The molecule has 0 spiro atoms. The summed E-state index contributed by atoms with van der Waals surface area (Å²) in [5.74, 6) is 0. The quantitative estimate of drug-likeness (QED) is 0.163. The monoisotopic (exact) mass is 1130 g/mol. The van der Waals surface area contributed by atoms with E-state index >= 15 is 0 Å². The van der Waals surface area contributed by atoms with Crippen molar-refractivity contribution >= 4 is 100 Å². The van der Waals surface area contributed by atoms with E-state index in [-0.39, 0.29) is 50.2 Å². The van der Waals surface area contributed by atoms with E-state index in [0.29, 0.717) is 0 Å². The minimum Gasteiger partial charge on any atom is -0.334 e. The average Bonchev–Trinajstić information content (AvgIpc) is 1.69. The zero-order valence-corrected chi connectivity index (χ0v) is 54.7. The van der Waals surface area contributed by atoms with E-state index in [9.17, 15) is 0 Å². The van der Waals surface area contributed by atoms with Gasteiger partial charge in [-0.05, 0) is 205 Å². The Morgan fingerprint density at radius 3 is 1.65 bits per heavy atom. The third-order valence-corrected chi connectivity index (χ3v) is 24.2.